The summed E-state index contributed by atoms with van der Waals surface area (Å²) in [6.45, 7) is 1.02. The second-order valence-electron chi connectivity index (χ2n) is 5.85. The van der Waals surface area contributed by atoms with Crippen molar-refractivity contribution < 1.29 is 9.32 Å². The van der Waals surface area contributed by atoms with Crippen molar-refractivity contribution in [3.8, 4) is 0 Å². The van der Waals surface area contributed by atoms with E-state index < -0.39 is 0 Å². The normalized spacial score (nSPS) is 15.0. The van der Waals surface area contributed by atoms with Gasteiger partial charge in [-0.25, -0.2) is 0 Å². The Kier molecular flexibility index (Phi) is 5.31. The number of carbonyl (C=O) groups excluding carboxylic acids is 1. The lowest BCUT2D eigenvalue weighted by molar-refractivity contribution is 0.0941. The molecule has 0 bridgehead atoms. The van der Waals surface area contributed by atoms with Gasteiger partial charge in [-0.3, -0.25) is 4.79 Å². The molecule has 0 spiro atoms. The minimum absolute atomic E-state index is 0.249. The minimum Gasteiger partial charge on any atom is -0.359 e. The number of rotatable bonds is 6. The van der Waals surface area contributed by atoms with Gasteiger partial charge >= 0.3 is 0 Å². The molecule has 0 radical (unpaired) electrons. The van der Waals surface area contributed by atoms with Crippen LogP contribution in [0.5, 0.6) is 0 Å². The third kappa shape index (κ3) is 4.56. The van der Waals surface area contributed by atoms with Crippen LogP contribution in [0.25, 0.3) is 0 Å². The largest absolute Gasteiger partial charge is 0.359 e. The molecule has 0 unspecified atom stereocenters. The molecule has 2 N–H and O–H groups in total. The maximum absolute atomic E-state index is 12.1. The number of hydrogen-bond acceptors (Lipinski definition) is 4. The number of nitrogens with zero attached hydrogens (tertiary/aromatic N) is 1. The van der Waals surface area contributed by atoms with Crippen LogP contribution in [0.3, 0.4) is 0 Å². The smallest absolute Gasteiger partial charge is 0.273 e. The number of aromatic nitrogens is 1. The molecule has 1 aromatic heterocycles. The Balaban J connectivity index is 1.49. The van der Waals surface area contributed by atoms with E-state index >= 15 is 0 Å². The van der Waals surface area contributed by atoms with Crippen molar-refractivity contribution in [2.45, 2.75) is 44.8 Å². The zero-order chi connectivity index (χ0) is 16.1. The SMILES string of the molecule is O=C(NCc1cccc(Cl)c1)c1cc(CNC2CCCC2)on1. The van der Waals surface area contributed by atoms with E-state index in [4.69, 9.17) is 16.1 Å². The molecular weight excluding hydrogens is 314 g/mol. The minimum atomic E-state index is -0.249. The van der Waals surface area contributed by atoms with Crippen molar-refractivity contribution >= 4 is 17.5 Å². The maximum Gasteiger partial charge on any atom is 0.273 e. The molecule has 0 atom stereocenters. The first kappa shape index (κ1) is 16.0. The van der Waals surface area contributed by atoms with Gasteiger partial charge in [-0.2, -0.15) is 0 Å². The summed E-state index contributed by atoms with van der Waals surface area (Å²) in [7, 11) is 0. The standard InChI is InChI=1S/C17H20ClN3O2/c18-13-5-3-4-12(8-13)10-20-17(22)16-9-15(23-21-16)11-19-14-6-1-2-7-14/h3-5,8-9,14,19H,1-2,6-7,10-11H2,(H,20,22). The van der Waals surface area contributed by atoms with Crippen LogP contribution >= 0.6 is 11.6 Å². The molecular formula is C17H20ClN3O2. The summed E-state index contributed by atoms with van der Waals surface area (Å²) in [6, 6.07) is 9.63. The van der Waals surface area contributed by atoms with E-state index in [0.29, 0.717) is 35.6 Å². The molecule has 1 aromatic carbocycles. The third-order valence-electron chi connectivity index (χ3n) is 4.05. The van der Waals surface area contributed by atoms with Crippen LogP contribution in [-0.4, -0.2) is 17.1 Å². The van der Waals surface area contributed by atoms with Crippen molar-refractivity contribution in [2.24, 2.45) is 0 Å². The quantitative estimate of drug-likeness (QED) is 0.851. The second-order valence-corrected chi connectivity index (χ2v) is 6.29. The molecule has 6 heteroatoms. The fraction of sp³-hybridized carbons (Fsp3) is 0.412. The van der Waals surface area contributed by atoms with E-state index in [9.17, 15) is 4.79 Å². The van der Waals surface area contributed by atoms with Crippen LogP contribution in [0.4, 0.5) is 0 Å². The topological polar surface area (TPSA) is 67.2 Å². The average Bonchev–Trinajstić information content (AvgIpc) is 3.22. The van der Waals surface area contributed by atoms with Crippen LogP contribution in [0.2, 0.25) is 5.02 Å². The summed E-state index contributed by atoms with van der Waals surface area (Å²) in [6.07, 6.45) is 4.98. The third-order valence-corrected chi connectivity index (χ3v) is 4.29. The first-order valence-electron chi connectivity index (χ1n) is 7.92. The average molecular weight is 334 g/mol. The number of amides is 1. The van der Waals surface area contributed by atoms with Crippen LogP contribution in [0, 0.1) is 0 Å². The Labute approximate surface area is 140 Å². The van der Waals surface area contributed by atoms with Gasteiger partial charge in [0.2, 0.25) is 0 Å². The van der Waals surface area contributed by atoms with Gasteiger partial charge in [0, 0.05) is 23.7 Å². The summed E-state index contributed by atoms with van der Waals surface area (Å²) < 4.78 is 5.22. The van der Waals surface area contributed by atoms with Crippen molar-refractivity contribution in [2.75, 3.05) is 0 Å². The van der Waals surface area contributed by atoms with Gasteiger partial charge in [0.15, 0.2) is 11.5 Å². The Morgan fingerprint density at radius 2 is 2.09 bits per heavy atom. The van der Waals surface area contributed by atoms with Gasteiger partial charge < -0.3 is 15.2 Å². The Morgan fingerprint density at radius 1 is 1.26 bits per heavy atom. The van der Waals surface area contributed by atoms with Crippen molar-refractivity contribution in [1.82, 2.24) is 15.8 Å². The molecule has 1 aliphatic carbocycles. The fourth-order valence-electron chi connectivity index (χ4n) is 2.80. The monoisotopic (exact) mass is 333 g/mol. The summed E-state index contributed by atoms with van der Waals surface area (Å²) >= 11 is 5.92. The lowest BCUT2D eigenvalue weighted by Gasteiger charge is -2.08. The van der Waals surface area contributed by atoms with E-state index in [1.807, 2.05) is 18.2 Å². The van der Waals surface area contributed by atoms with Gasteiger partial charge in [-0.1, -0.05) is 41.7 Å². The predicted octanol–water partition coefficient (Wildman–Crippen LogP) is 3.29. The first-order chi connectivity index (χ1) is 11.2. The highest BCUT2D eigenvalue weighted by molar-refractivity contribution is 6.30. The molecule has 5 nitrogen and oxygen atoms in total. The van der Waals surface area contributed by atoms with Gasteiger partial charge in [-0.05, 0) is 30.5 Å². The van der Waals surface area contributed by atoms with E-state index in [0.717, 1.165) is 5.56 Å². The highest BCUT2D eigenvalue weighted by Gasteiger charge is 2.16. The van der Waals surface area contributed by atoms with Crippen LogP contribution in [0.1, 0.15) is 47.5 Å². The number of benzene rings is 1. The molecule has 1 aliphatic rings. The summed E-state index contributed by atoms with van der Waals surface area (Å²) in [4.78, 5) is 12.1. The zero-order valence-electron chi connectivity index (χ0n) is 12.8. The summed E-state index contributed by atoms with van der Waals surface area (Å²) in [5.41, 5.74) is 1.24. The summed E-state index contributed by atoms with van der Waals surface area (Å²) in [5.74, 6) is 0.436. The predicted molar refractivity (Wildman–Crippen MR) is 88.2 cm³/mol. The van der Waals surface area contributed by atoms with E-state index in [-0.39, 0.29) is 5.91 Å². The molecule has 23 heavy (non-hydrogen) atoms. The summed E-state index contributed by atoms with van der Waals surface area (Å²) in [5, 5.41) is 10.7. The Bertz CT molecular complexity index is 665. The highest BCUT2D eigenvalue weighted by Crippen LogP contribution is 2.18. The van der Waals surface area contributed by atoms with Gasteiger partial charge in [0.25, 0.3) is 5.91 Å². The van der Waals surface area contributed by atoms with Crippen molar-refractivity contribution in [3.05, 3.63) is 52.4 Å². The van der Waals surface area contributed by atoms with Crippen molar-refractivity contribution in [1.29, 1.82) is 0 Å². The molecule has 122 valence electrons. The Hall–Kier alpha value is -1.85. The highest BCUT2D eigenvalue weighted by atomic mass is 35.5. The molecule has 3 rings (SSSR count). The van der Waals surface area contributed by atoms with E-state index in [2.05, 4.69) is 15.8 Å². The zero-order valence-corrected chi connectivity index (χ0v) is 13.6. The molecule has 1 heterocycles. The molecule has 1 amide bonds. The van der Waals surface area contributed by atoms with Crippen molar-refractivity contribution in [3.63, 3.8) is 0 Å². The second kappa shape index (κ2) is 7.62. The van der Waals surface area contributed by atoms with E-state index in [1.54, 1.807) is 12.1 Å². The molecule has 1 saturated carbocycles. The number of carbonyl (C=O) groups is 1. The number of hydrogen-bond donors (Lipinski definition) is 2. The van der Waals surface area contributed by atoms with Gasteiger partial charge in [0.1, 0.15) is 0 Å². The van der Waals surface area contributed by atoms with Crippen LogP contribution in [0.15, 0.2) is 34.9 Å². The van der Waals surface area contributed by atoms with Crippen LogP contribution in [-0.2, 0) is 13.1 Å². The first-order valence-corrected chi connectivity index (χ1v) is 8.30. The van der Waals surface area contributed by atoms with Gasteiger partial charge in [0.05, 0.1) is 6.54 Å². The van der Waals surface area contributed by atoms with E-state index in [1.165, 1.54) is 25.7 Å². The lowest BCUT2D eigenvalue weighted by Crippen LogP contribution is -2.25. The Morgan fingerprint density at radius 3 is 2.87 bits per heavy atom. The molecule has 0 saturated heterocycles. The molecule has 1 fully saturated rings. The van der Waals surface area contributed by atoms with Crippen LogP contribution < -0.4 is 10.6 Å². The number of halogens is 1. The lowest BCUT2D eigenvalue weighted by atomic mass is 10.2. The van der Waals surface area contributed by atoms with Gasteiger partial charge in [-0.15, -0.1) is 0 Å². The molecule has 2 aromatic rings. The fourth-order valence-corrected chi connectivity index (χ4v) is 3.01. The maximum atomic E-state index is 12.1. The molecule has 0 aliphatic heterocycles. The number of nitrogens with one attached hydrogen (secondary N) is 2.